The zero-order valence-electron chi connectivity index (χ0n) is 10.1. The van der Waals surface area contributed by atoms with Gasteiger partial charge in [0, 0.05) is 25.6 Å². The van der Waals surface area contributed by atoms with Crippen LogP contribution in [-0.4, -0.2) is 39.7 Å². The van der Waals surface area contributed by atoms with Crippen LogP contribution < -0.4 is 15.8 Å². The SMILES string of the molecule is CS(=O)(=O)NCCCNC(=O)CC(N)C1CC1. The van der Waals surface area contributed by atoms with Gasteiger partial charge in [0.15, 0.2) is 0 Å². The molecule has 7 heteroatoms. The zero-order chi connectivity index (χ0) is 12.9. The zero-order valence-corrected chi connectivity index (χ0v) is 10.9. The number of sulfonamides is 1. The highest BCUT2D eigenvalue weighted by molar-refractivity contribution is 7.88. The topological polar surface area (TPSA) is 101 Å². The third-order valence-corrected chi connectivity index (χ3v) is 3.42. The van der Waals surface area contributed by atoms with E-state index in [1.807, 2.05) is 0 Å². The van der Waals surface area contributed by atoms with Crippen LogP contribution >= 0.6 is 0 Å². The molecule has 1 fully saturated rings. The molecule has 1 rings (SSSR count). The molecule has 4 N–H and O–H groups in total. The van der Waals surface area contributed by atoms with E-state index in [-0.39, 0.29) is 11.9 Å². The van der Waals surface area contributed by atoms with Crippen molar-refractivity contribution < 1.29 is 13.2 Å². The first kappa shape index (κ1) is 14.4. The van der Waals surface area contributed by atoms with Gasteiger partial charge in [-0.25, -0.2) is 13.1 Å². The first-order chi connectivity index (χ1) is 7.88. The number of nitrogens with two attached hydrogens (primary N) is 1. The van der Waals surface area contributed by atoms with Gasteiger partial charge in [-0.3, -0.25) is 4.79 Å². The van der Waals surface area contributed by atoms with E-state index in [1.165, 1.54) is 0 Å². The van der Waals surface area contributed by atoms with Gasteiger partial charge in [0.1, 0.15) is 0 Å². The van der Waals surface area contributed by atoms with Crippen LogP contribution in [0, 0.1) is 5.92 Å². The standard InChI is InChI=1S/C10H21N3O3S/c1-17(15,16)13-6-2-5-12-10(14)7-9(11)8-3-4-8/h8-9,13H,2-7,11H2,1H3,(H,12,14). The summed E-state index contributed by atoms with van der Waals surface area (Å²) in [5, 5.41) is 2.73. The molecule has 0 radical (unpaired) electrons. The average molecular weight is 263 g/mol. The molecule has 0 bridgehead atoms. The first-order valence-corrected chi connectivity index (χ1v) is 7.74. The van der Waals surface area contributed by atoms with Crippen molar-refractivity contribution in [1.29, 1.82) is 0 Å². The Morgan fingerprint density at radius 3 is 2.59 bits per heavy atom. The molecule has 100 valence electrons. The monoisotopic (exact) mass is 263 g/mol. The average Bonchev–Trinajstić information content (AvgIpc) is 2.97. The summed E-state index contributed by atoms with van der Waals surface area (Å²) in [5.41, 5.74) is 5.81. The van der Waals surface area contributed by atoms with E-state index < -0.39 is 10.0 Å². The minimum atomic E-state index is -3.13. The van der Waals surface area contributed by atoms with E-state index in [0.29, 0.717) is 31.8 Å². The van der Waals surface area contributed by atoms with Crippen LogP contribution in [0.1, 0.15) is 25.7 Å². The molecule has 0 aromatic heterocycles. The summed E-state index contributed by atoms with van der Waals surface area (Å²) in [6.45, 7) is 0.812. The minimum Gasteiger partial charge on any atom is -0.356 e. The Balaban J connectivity index is 2.00. The van der Waals surface area contributed by atoms with Gasteiger partial charge in [-0.1, -0.05) is 0 Å². The number of carbonyl (C=O) groups excluding carboxylic acids is 1. The Kier molecular flexibility index (Phi) is 5.35. The molecule has 0 heterocycles. The number of rotatable bonds is 8. The van der Waals surface area contributed by atoms with Crippen LogP contribution in [0.5, 0.6) is 0 Å². The predicted molar refractivity (Wildman–Crippen MR) is 65.8 cm³/mol. The van der Waals surface area contributed by atoms with Crippen molar-refractivity contribution in [3.63, 3.8) is 0 Å². The Morgan fingerprint density at radius 2 is 2.06 bits per heavy atom. The Bertz CT molecular complexity index is 352. The van der Waals surface area contributed by atoms with Crippen LogP contribution in [0.4, 0.5) is 0 Å². The van der Waals surface area contributed by atoms with Gasteiger partial charge < -0.3 is 11.1 Å². The molecule has 0 saturated heterocycles. The second kappa shape index (κ2) is 6.32. The predicted octanol–water partition coefficient (Wildman–Crippen LogP) is -0.831. The van der Waals surface area contributed by atoms with E-state index >= 15 is 0 Å². The number of hydrogen-bond donors (Lipinski definition) is 3. The molecule has 1 aliphatic rings. The smallest absolute Gasteiger partial charge is 0.221 e. The van der Waals surface area contributed by atoms with Gasteiger partial charge in [0.2, 0.25) is 15.9 Å². The normalized spacial score (nSPS) is 17.8. The van der Waals surface area contributed by atoms with Crippen molar-refractivity contribution in [1.82, 2.24) is 10.0 Å². The summed E-state index contributed by atoms with van der Waals surface area (Å²) < 4.78 is 23.8. The molecule has 0 aromatic rings. The molecule has 6 nitrogen and oxygen atoms in total. The lowest BCUT2D eigenvalue weighted by Gasteiger charge is -2.10. The number of nitrogens with one attached hydrogen (secondary N) is 2. The van der Waals surface area contributed by atoms with Crippen molar-refractivity contribution >= 4 is 15.9 Å². The number of hydrogen-bond acceptors (Lipinski definition) is 4. The van der Waals surface area contributed by atoms with Crippen LogP contribution in [0.2, 0.25) is 0 Å². The van der Waals surface area contributed by atoms with E-state index in [0.717, 1.165) is 19.1 Å². The maximum Gasteiger partial charge on any atom is 0.221 e. The quantitative estimate of drug-likeness (QED) is 0.497. The number of carbonyl (C=O) groups is 1. The van der Waals surface area contributed by atoms with Crippen molar-refractivity contribution in [2.24, 2.45) is 11.7 Å². The maximum atomic E-state index is 11.4. The third kappa shape index (κ3) is 7.30. The van der Waals surface area contributed by atoms with Gasteiger partial charge in [-0.2, -0.15) is 0 Å². The maximum absolute atomic E-state index is 11.4. The van der Waals surface area contributed by atoms with Crippen molar-refractivity contribution in [2.45, 2.75) is 31.7 Å². The first-order valence-electron chi connectivity index (χ1n) is 5.85. The summed E-state index contributed by atoms with van der Waals surface area (Å²) in [5.74, 6) is 0.469. The van der Waals surface area contributed by atoms with Gasteiger partial charge in [-0.05, 0) is 25.2 Å². The molecule has 1 saturated carbocycles. The van der Waals surface area contributed by atoms with Gasteiger partial charge >= 0.3 is 0 Å². The molecule has 0 spiro atoms. The lowest BCUT2D eigenvalue weighted by atomic mass is 10.1. The fourth-order valence-corrected chi connectivity index (χ4v) is 2.07. The highest BCUT2D eigenvalue weighted by Crippen LogP contribution is 2.32. The van der Waals surface area contributed by atoms with E-state index in [9.17, 15) is 13.2 Å². The van der Waals surface area contributed by atoms with Crippen LogP contribution in [0.15, 0.2) is 0 Å². The Morgan fingerprint density at radius 1 is 1.41 bits per heavy atom. The second-order valence-electron chi connectivity index (χ2n) is 4.58. The summed E-state index contributed by atoms with van der Waals surface area (Å²) in [6, 6.07) is -0.0239. The molecule has 1 atom stereocenters. The number of amides is 1. The largest absolute Gasteiger partial charge is 0.356 e. The Hall–Kier alpha value is -0.660. The fourth-order valence-electron chi connectivity index (χ4n) is 1.55. The second-order valence-corrected chi connectivity index (χ2v) is 6.41. The van der Waals surface area contributed by atoms with E-state index in [4.69, 9.17) is 5.73 Å². The Labute approximate surface area is 102 Å². The molecular formula is C10H21N3O3S. The molecule has 1 unspecified atom stereocenters. The van der Waals surface area contributed by atoms with E-state index in [1.54, 1.807) is 0 Å². The van der Waals surface area contributed by atoms with Crippen LogP contribution in [0.25, 0.3) is 0 Å². The molecule has 17 heavy (non-hydrogen) atoms. The van der Waals surface area contributed by atoms with Gasteiger partial charge in [0.25, 0.3) is 0 Å². The molecule has 0 aromatic carbocycles. The van der Waals surface area contributed by atoms with Crippen LogP contribution in [0.3, 0.4) is 0 Å². The van der Waals surface area contributed by atoms with Crippen LogP contribution in [-0.2, 0) is 14.8 Å². The highest BCUT2D eigenvalue weighted by atomic mass is 32.2. The molecule has 1 aliphatic carbocycles. The summed E-state index contributed by atoms with van der Waals surface area (Å²) in [4.78, 5) is 11.4. The summed E-state index contributed by atoms with van der Waals surface area (Å²) in [6.07, 6.45) is 4.32. The van der Waals surface area contributed by atoms with Crippen molar-refractivity contribution in [3.05, 3.63) is 0 Å². The lowest BCUT2D eigenvalue weighted by Crippen LogP contribution is -2.34. The highest BCUT2D eigenvalue weighted by Gasteiger charge is 2.29. The van der Waals surface area contributed by atoms with E-state index in [2.05, 4.69) is 10.0 Å². The fraction of sp³-hybridized carbons (Fsp3) is 0.900. The minimum absolute atomic E-state index is 0.0239. The molecule has 0 aliphatic heterocycles. The van der Waals surface area contributed by atoms with Gasteiger partial charge in [-0.15, -0.1) is 0 Å². The van der Waals surface area contributed by atoms with Gasteiger partial charge in [0.05, 0.1) is 6.26 Å². The lowest BCUT2D eigenvalue weighted by molar-refractivity contribution is -0.121. The van der Waals surface area contributed by atoms with Crippen molar-refractivity contribution in [3.8, 4) is 0 Å². The third-order valence-electron chi connectivity index (χ3n) is 2.69. The summed E-state index contributed by atoms with van der Waals surface area (Å²) >= 11 is 0. The molecule has 1 amide bonds. The molecular weight excluding hydrogens is 242 g/mol. The summed E-state index contributed by atoms with van der Waals surface area (Å²) in [7, 11) is -3.13. The van der Waals surface area contributed by atoms with Crippen molar-refractivity contribution in [2.75, 3.05) is 19.3 Å².